The number of hydrogen-bond donors (Lipinski definition) is 2. The highest BCUT2D eigenvalue weighted by molar-refractivity contribution is 5.91. The maximum Gasteiger partial charge on any atom is 0.0498 e. The smallest absolute Gasteiger partial charge is 0.0498 e. The van der Waals surface area contributed by atoms with Crippen molar-refractivity contribution in [3.05, 3.63) is 53.3 Å². The molecule has 158 valence electrons. The second-order valence-electron chi connectivity index (χ2n) is 9.26. The van der Waals surface area contributed by atoms with Crippen molar-refractivity contribution in [3.8, 4) is 11.3 Å². The number of aryl methyl sites for hydroxylation is 2. The van der Waals surface area contributed by atoms with Gasteiger partial charge in [-0.05, 0) is 106 Å². The minimum atomic E-state index is 0.693. The highest BCUT2D eigenvalue weighted by Crippen LogP contribution is 2.35. The van der Waals surface area contributed by atoms with Gasteiger partial charge in [0.25, 0.3) is 0 Å². The van der Waals surface area contributed by atoms with Crippen LogP contribution in [0, 0.1) is 12.8 Å². The van der Waals surface area contributed by atoms with E-state index in [1.807, 2.05) is 6.20 Å². The van der Waals surface area contributed by atoms with Gasteiger partial charge >= 0.3 is 0 Å². The number of nitrogens with one attached hydrogen (secondary N) is 2. The molecular formula is C26H34N4. The van der Waals surface area contributed by atoms with Gasteiger partial charge in [0.15, 0.2) is 0 Å². The maximum atomic E-state index is 4.37. The molecule has 2 aliphatic heterocycles. The number of H-pyrrole nitrogens is 1. The van der Waals surface area contributed by atoms with Crippen LogP contribution in [0.5, 0.6) is 0 Å². The molecule has 5 rings (SSSR count). The molecule has 1 atom stereocenters. The normalized spacial score (nSPS) is 20.9. The quantitative estimate of drug-likeness (QED) is 0.639. The van der Waals surface area contributed by atoms with Crippen LogP contribution in [0.1, 0.15) is 48.9 Å². The maximum absolute atomic E-state index is 4.37. The van der Waals surface area contributed by atoms with Crippen molar-refractivity contribution >= 4 is 10.9 Å². The molecule has 4 heteroatoms. The Morgan fingerprint density at radius 3 is 2.70 bits per heavy atom. The van der Waals surface area contributed by atoms with E-state index in [-0.39, 0.29) is 0 Å². The van der Waals surface area contributed by atoms with Crippen molar-refractivity contribution in [1.82, 2.24) is 20.2 Å². The van der Waals surface area contributed by atoms with Gasteiger partial charge in [-0.25, -0.2) is 0 Å². The number of fused-ring (bicyclic) bond motifs is 1. The molecule has 0 aliphatic carbocycles. The fourth-order valence-electron chi connectivity index (χ4n) is 5.52. The Balaban J connectivity index is 1.36. The molecule has 30 heavy (non-hydrogen) atoms. The first-order valence-corrected chi connectivity index (χ1v) is 11.7. The Bertz CT molecular complexity index is 1010. The standard InChI is InChI=1S/C26H34N4/c1-3-23-24-15-21(20-8-12-30(13-9-20)17-19-6-10-27-16-19)4-5-25(24)29-26(23)22-7-11-28-18(2)14-22/h4-5,7,11,14-15,19-20,27,29H,3,6,8-10,12-13,16-17H2,1-2H3. The monoisotopic (exact) mass is 402 g/mol. The lowest BCUT2D eigenvalue weighted by Gasteiger charge is -2.33. The minimum absolute atomic E-state index is 0.693. The van der Waals surface area contributed by atoms with Crippen LogP contribution < -0.4 is 5.32 Å². The van der Waals surface area contributed by atoms with Gasteiger partial charge in [-0.2, -0.15) is 0 Å². The SMILES string of the molecule is CCc1c(-c2ccnc(C)c2)[nH]c2ccc(C3CCN(CC4CCNC4)CC3)cc12. The molecule has 4 nitrogen and oxygen atoms in total. The third-order valence-corrected chi connectivity index (χ3v) is 7.21. The summed E-state index contributed by atoms with van der Waals surface area (Å²) in [5.41, 5.74) is 7.78. The van der Waals surface area contributed by atoms with Crippen molar-refractivity contribution in [2.45, 2.75) is 45.4 Å². The molecule has 0 spiro atoms. The number of nitrogens with zero attached hydrogens (tertiary/aromatic N) is 2. The van der Waals surface area contributed by atoms with Gasteiger partial charge in [0.1, 0.15) is 0 Å². The molecule has 3 aromatic rings. The van der Waals surface area contributed by atoms with E-state index in [9.17, 15) is 0 Å². The summed E-state index contributed by atoms with van der Waals surface area (Å²) in [6.07, 6.45) is 6.87. The Kier molecular flexibility index (Phi) is 5.62. The van der Waals surface area contributed by atoms with Gasteiger partial charge in [-0.15, -0.1) is 0 Å². The second kappa shape index (κ2) is 8.52. The number of likely N-dealkylation sites (tertiary alicyclic amines) is 1. The first kappa shape index (κ1) is 19.8. The van der Waals surface area contributed by atoms with Gasteiger partial charge in [0.2, 0.25) is 0 Å². The molecule has 2 aliphatic rings. The zero-order valence-electron chi connectivity index (χ0n) is 18.4. The largest absolute Gasteiger partial charge is 0.354 e. The Morgan fingerprint density at radius 2 is 1.97 bits per heavy atom. The topological polar surface area (TPSA) is 44.0 Å². The number of benzene rings is 1. The average molecular weight is 403 g/mol. The number of aromatic amines is 1. The molecule has 2 aromatic heterocycles. The van der Waals surface area contributed by atoms with Crippen LogP contribution in [0.15, 0.2) is 36.5 Å². The van der Waals surface area contributed by atoms with Crippen molar-refractivity contribution < 1.29 is 0 Å². The van der Waals surface area contributed by atoms with Crippen LogP contribution in [-0.4, -0.2) is 47.6 Å². The van der Waals surface area contributed by atoms with E-state index in [4.69, 9.17) is 0 Å². The van der Waals surface area contributed by atoms with E-state index in [0.717, 1.165) is 18.0 Å². The molecule has 4 heterocycles. The van der Waals surface area contributed by atoms with Crippen LogP contribution >= 0.6 is 0 Å². The van der Waals surface area contributed by atoms with E-state index in [0.29, 0.717) is 5.92 Å². The number of pyridine rings is 1. The lowest BCUT2D eigenvalue weighted by atomic mass is 9.88. The zero-order chi connectivity index (χ0) is 20.5. The van der Waals surface area contributed by atoms with E-state index >= 15 is 0 Å². The van der Waals surface area contributed by atoms with E-state index < -0.39 is 0 Å². The van der Waals surface area contributed by atoms with Crippen molar-refractivity contribution in [2.75, 3.05) is 32.7 Å². The summed E-state index contributed by atoms with van der Waals surface area (Å²) in [6.45, 7) is 10.5. The fraction of sp³-hybridized carbons (Fsp3) is 0.500. The Hall–Kier alpha value is -2.17. The molecule has 1 aromatic carbocycles. The van der Waals surface area contributed by atoms with Gasteiger partial charge < -0.3 is 15.2 Å². The molecule has 0 amide bonds. The number of piperidine rings is 1. The van der Waals surface area contributed by atoms with Gasteiger partial charge in [-0.1, -0.05) is 13.0 Å². The summed E-state index contributed by atoms with van der Waals surface area (Å²) in [5.74, 6) is 1.55. The summed E-state index contributed by atoms with van der Waals surface area (Å²) in [4.78, 5) is 10.8. The van der Waals surface area contributed by atoms with Crippen molar-refractivity contribution in [2.24, 2.45) is 5.92 Å². The van der Waals surface area contributed by atoms with Crippen molar-refractivity contribution in [3.63, 3.8) is 0 Å². The summed E-state index contributed by atoms with van der Waals surface area (Å²) in [7, 11) is 0. The third kappa shape index (κ3) is 3.91. The third-order valence-electron chi connectivity index (χ3n) is 7.21. The van der Waals surface area contributed by atoms with Crippen LogP contribution in [0.2, 0.25) is 0 Å². The first-order valence-electron chi connectivity index (χ1n) is 11.7. The Morgan fingerprint density at radius 1 is 1.10 bits per heavy atom. The lowest BCUT2D eigenvalue weighted by Crippen LogP contribution is -2.37. The predicted molar refractivity (Wildman–Crippen MR) is 125 cm³/mol. The summed E-state index contributed by atoms with van der Waals surface area (Å²) in [6, 6.07) is 11.4. The number of aromatic nitrogens is 2. The molecule has 0 saturated carbocycles. The lowest BCUT2D eigenvalue weighted by molar-refractivity contribution is 0.187. The highest BCUT2D eigenvalue weighted by Gasteiger charge is 2.24. The molecule has 0 bridgehead atoms. The van der Waals surface area contributed by atoms with Crippen LogP contribution in [0.3, 0.4) is 0 Å². The molecule has 0 radical (unpaired) electrons. The predicted octanol–water partition coefficient (Wildman–Crippen LogP) is 4.89. The average Bonchev–Trinajstić information content (AvgIpc) is 3.41. The van der Waals surface area contributed by atoms with Crippen LogP contribution in [0.4, 0.5) is 0 Å². The minimum Gasteiger partial charge on any atom is -0.354 e. The summed E-state index contributed by atoms with van der Waals surface area (Å²) >= 11 is 0. The Labute approximate surface area is 180 Å². The van der Waals surface area contributed by atoms with Crippen LogP contribution in [0.25, 0.3) is 22.2 Å². The fourth-order valence-corrected chi connectivity index (χ4v) is 5.52. The van der Waals surface area contributed by atoms with E-state index in [1.165, 1.54) is 85.3 Å². The zero-order valence-corrected chi connectivity index (χ0v) is 18.4. The molecular weight excluding hydrogens is 368 g/mol. The van der Waals surface area contributed by atoms with Gasteiger partial charge in [-0.3, -0.25) is 4.98 Å². The summed E-state index contributed by atoms with van der Waals surface area (Å²) < 4.78 is 0. The molecule has 2 N–H and O–H groups in total. The number of hydrogen-bond acceptors (Lipinski definition) is 3. The molecule has 2 saturated heterocycles. The van der Waals surface area contributed by atoms with E-state index in [1.54, 1.807) is 0 Å². The number of rotatable bonds is 5. The van der Waals surface area contributed by atoms with Gasteiger partial charge in [0.05, 0.1) is 0 Å². The highest BCUT2D eigenvalue weighted by atomic mass is 15.1. The van der Waals surface area contributed by atoms with Crippen LogP contribution in [-0.2, 0) is 6.42 Å². The van der Waals surface area contributed by atoms with Crippen molar-refractivity contribution in [1.29, 1.82) is 0 Å². The second-order valence-corrected chi connectivity index (χ2v) is 9.26. The molecule has 1 unspecified atom stereocenters. The molecule has 2 fully saturated rings. The first-order chi connectivity index (χ1) is 14.7. The van der Waals surface area contributed by atoms with Gasteiger partial charge in [0, 0.05) is 40.6 Å². The van der Waals surface area contributed by atoms with E-state index in [2.05, 4.69) is 64.4 Å². The summed E-state index contributed by atoms with van der Waals surface area (Å²) in [5, 5.41) is 4.91.